The van der Waals surface area contributed by atoms with Gasteiger partial charge in [-0.05, 0) is 38.2 Å². The van der Waals surface area contributed by atoms with Crippen LogP contribution in [0.5, 0.6) is 5.75 Å². The summed E-state index contributed by atoms with van der Waals surface area (Å²) in [5.74, 6) is 1.74. The van der Waals surface area contributed by atoms with Crippen molar-refractivity contribution < 1.29 is 4.74 Å². The maximum absolute atomic E-state index is 5.36. The van der Waals surface area contributed by atoms with E-state index in [0.717, 1.165) is 30.2 Å². The summed E-state index contributed by atoms with van der Waals surface area (Å²) < 4.78 is 5.36. The Bertz CT molecular complexity index is 529. The maximum atomic E-state index is 5.36. The zero-order valence-electron chi connectivity index (χ0n) is 14.1. The van der Waals surface area contributed by atoms with Crippen molar-refractivity contribution in [2.75, 3.05) is 20.7 Å². The first kappa shape index (κ1) is 19.8. The lowest BCUT2D eigenvalue weighted by Crippen LogP contribution is -2.37. The number of hydrogen-bond donors (Lipinski definition) is 2. The fourth-order valence-electron chi connectivity index (χ4n) is 2.72. The number of para-hydroxylation sites is 1. The molecular formula is C18H28IN3O. The number of hydrogen-bond acceptors (Lipinski definition) is 2. The van der Waals surface area contributed by atoms with Crippen LogP contribution in [0.15, 0.2) is 40.9 Å². The van der Waals surface area contributed by atoms with Gasteiger partial charge in [0.05, 0.1) is 7.11 Å². The molecule has 2 rings (SSSR count). The summed E-state index contributed by atoms with van der Waals surface area (Å²) in [6.07, 6.45) is 8.70. The van der Waals surface area contributed by atoms with Gasteiger partial charge in [-0.1, -0.05) is 29.8 Å². The van der Waals surface area contributed by atoms with Crippen LogP contribution in [0, 0.1) is 0 Å². The van der Waals surface area contributed by atoms with Crippen molar-refractivity contribution in [2.24, 2.45) is 4.99 Å². The molecule has 2 N–H and O–H groups in total. The first-order chi connectivity index (χ1) is 10.8. The third-order valence-electron chi connectivity index (χ3n) is 3.99. The Morgan fingerprint density at radius 2 is 2.04 bits per heavy atom. The first-order valence-electron chi connectivity index (χ1n) is 8.08. The molecule has 0 heterocycles. The quantitative estimate of drug-likeness (QED) is 0.313. The molecule has 0 amide bonds. The van der Waals surface area contributed by atoms with E-state index in [2.05, 4.69) is 27.8 Å². The first-order valence-corrected chi connectivity index (χ1v) is 8.08. The van der Waals surface area contributed by atoms with Crippen LogP contribution in [-0.4, -0.2) is 26.7 Å². The van der Waals surface area contributed by atoms with Crippen LogP contribution in [-0.2, 0) is 6.54 Å². The average molecular weight is 429 g/mol. The van der Waals surface area contributed by atoms with E-state index >= 15 is 0 Å². The van der Waals surface area contributed by atoms with Crippen molar-refractivity contribution in [2.45, 2.75) is 38.6 Å². The zero-order valence-corrected chi connectivity index (χ0v) is 16.4. The number of allylic oxidation sites excluding steroid dienone is 1. The fourth-order valence-corrected chi connectivity index (χ4v) is 2.72. The molecule has 0 radical (unpaired) electrons. The van der Waals surface area contributed by atoms with Crippen molar-refractivity contribution in [3.05, 3.63) is 41.5 Å². The van der Waals surface area contributed by atoms with Crippen LogP contribution >= 0.6 is 24.0 Å². The van der Waals surface area contributed by atoms with Gasteiger partial charge in [-0.25, -0.2) is 0 Å². The SMILES string of the molecule is CN=C(NCCC1=CCCCC1)NCc1ccccc1OC.I. The highest BCUT2D eigenvalue weighted by Crippen LogP contribution is 2.19. The number of nitrogens with zero attached hydrogens (tertiary/aromatic N) is 1. The molecule has 23 heavy (non-hydrogen) atoms. The summed E-state index contributed by atoms with van der Waals surface area (Å²) in [6, 6.07) is 8.04. The number of nitrogens with one attached hydrogen (secondary N) is 2. The standard InChI is InChI=1S/C18H27N3O.HI/c1-19-18(20-13-12-15-8-4-3-5-9-15)21-14-16-10-6-7-11-17(16)22-2;/h6-8,10-11H,3-5,9,12-14H2,1-2H3,(H2,19,20,21);1H. The topological polar surface area (TPSA) is 45.7 Å². The zero-order chi connectivity index (χ0) is 15.6. The largest absolute Gasteiger partial charge is 0.496 e. The van der Waals surface area contributed by atoms with Crippen molar-refractivity contribution in [1.29, 1.82) is 0 Å². The lowest BCUT2D eigenvalue weighted by molar-refractivity contribution is 0.409. The van der Waals surface area contributed by atoms with Crippen LogP contribution in [0.25, 0.3) is 0 Å². The Kier molecular flexibility index (Phi) is 9.75. The summed E-state index contributed by atoms with van der Waals surface area (Å²) in [5, 5.41) is 6.72. The molecule has 0 unspecified atom stereocenters. The van der Waals surface area contributed by atoms with E-state index in [1.807, 2.05) is 18.2 Å². The lowest BCUT2D eigenvalue weighted by Gasteiger charge is -2.16. The van der Waals surface area contributed by atoms with Gasteiger partial charge in [0, 0.05) is 25.7 Å². The molecule has 0 atom stereocenters. The van der Waals surface area contributed by atoms with Gasteiger partial charge in [0.15, 0.2) is 5.96 Å². The fraction of sp³-hybridized carbons (Fsp3) is 0.500. The van der Waals surface area contributed by atoms with Crippen LogP contribution in [0.1, 0.15) is 37.7 Å². The predicted molar refractivity (Wildman–Crippen MR) is 108 cm³/mol. The molecule has 0 fully saturated rings. The average Bonchev–Trinajstić information content (AvgIpc) is 2.59. The molecule has 1 aromatic carbocycles. The Morgan fingerprint density at radius 3 is 2.74 bits per heavy atom. The molecular weight excluding hydrogens is 401 g/mol. The van der Waals surface area contributed by atoms with E-state index < -0.39 is 0 Å². The lowest BCUT2D eigenvalue weighted by atomic mass is 9.97. The minimum Gasteiger partial charge on any atom is -0.496 e. The van der Waals surface area contributed by atoms with E-state index in [9.17, 15) is 0 Å². The predicted octanol–water partition coefficient (Wildman–Crippen LogP) is 3.87. The molecule has 0 saturated heterocycles. The van der Waals surface area contributed by atoms with E-state index in [4.69, 9.17) is 4.74 Å². The number of methoxy groups -OCH3 is 1. The summed E-state index contributed by atoms with van der Waals surface area (Å²) in [7, 11) is 3.50. The summed E-state index contributed by atoms with van der Waals surface area (Å²) in [6.45, 7) is 1.63. The molecule has 5 heteroatoms. The Hall–Kier alpha value is -1.24. The highest BCUT2D eigenvalue weighted by molar-refractivity contribution is 14.0. The molecule has 0 saturated carbocycles. The molecule has 1 aliphatic rings. The molecule has 1 aromatic rings. The number of halogens is 1. The van der Waals surface area contributed by atoms with Crippen molar-refractivity contribution in [3.63, 3.8) is 0 Å². The summed E-state index contributed by atoms with van der Waals surface area (Å²) >= 11 is 0. The van der Waals surface area contributed by atoms with Gasteiger partial charge in [0.2, 0.25) is 0 Å². The van der Waals surface area contributed by atoms with E-state index in [1.54, 1.807) is 19.7 Å². The van der Waals surface area contributed by atoms with Gasteiger partial charge in [0.25, 0.3) is 0 Å². The minimum absolute atomic E-state index is 0. The number of benzene rings is 1. The molecule has 128 valence electrons. The Morgan fingerprint density at radius 1 is 1.22 bits per heavy atom. The van der Waals surface area contributed by atoms with Crippen LogP contribution in [0.2, 0.25) is 0 Å². The normalized spacial score (nSPS) is 14.5. The van der Waals surface area contributed by atoms with Gasteiger partial charge in [-0.2, -0.15) is 0 Å². The highest BCUT2D eigenvalue weighted by Gasteiger charge is 2.05. The number of rotatable bonds is 6. The van der Waals surface area contributed by atoms with Gasteiger partial charge in [-0.3, -0.25) is 4.99 Å². The van der Waals surface area contributed by atoms with Crippen molar-refractivity contribution in [1.82, 2.24) is 10.6 Å². The smallest absolute Gasteiger partial charge is 0.191 e. The van der Waals surface area contributed by atoms with Gasteiger partial charge < -0.3 is 15.4 Å². The van der Waals surface area contributed by atoms with E-state index in [1.165, 1.54) is 25.7 Å². The molecule has 0 aromatic heterocycles. The van der Waals surface area contributed by atoms with Gasteiger partial charge in [0.1, 0.15) is 5.75 Å². The van der Waals surface area contributed by atoms with Crippen LogP contribution in [0.3, 0.4) is 0 Å². The van der Waals surface area contributed by atoms with Crippen LogP contribution in [0.4, 0.5) is 0 Å². The van der Waals surface area contributed by atoms with Crippen molar-refractivity contribution >= 4 is 29.9 Å². The van der Waals surface area contributed by atoms with E-state index in [0.29, 0.717) is 6.54 Å². The Labute approximate surface area is 156 Å². The third-order valence-corrected chi connectivity index (χ3v) is 3.99. The van der Waals surface area contributed by atoms with Gasteiger partial charge in [-0.15, -0.1) is 24.0 Å². The van der Waals surface area contributed by atoms with Crippen LogP contribution < -0.4 is 15.4 Å². The van der Waals surface area contributed by atoms with E-state index in [-0.39, 0.29) is 24.0 Å². The second-order valence-corrected chi connectivity index (χ2v) is 5.52. The maximum Gasteiger partial charge on any atom is 0.191 e. The summed E-state index contributed by atoms with van der Waals surface area (Å²) in [4.78, 5) is 4.28. The molecule has 0 bridgehead atoms. The molecule has 0 aliphatic heterocycles. The van der Waals surface area contributed by atoms with Crippen molar-refractivity contribution in [3.8, 4) is 5.75 Å². The second-order valence-electron chi connectivity index (χ2n) is 5.52. The number of ether oxygens (including phenoxy) is 1. The van der Waals surface area contributed by atoms with Gasteiger partial charge >= 0.3 is 0 Å². The second kappa shape index (κ2) is 11.3. The highest BCUT2D eigenvalue weighted by atomic mass is 127. The Balaban J connectivity index is 0.00000264. The molecule has 0 spiro atoms. The molecule has 4 nitrogen and oxygen atoms in total. The summed E-state index contributed by atoms with van der Waals surface area (Å²) in [5.41, 5.74) is 2.71. The number of aliphatic imine (C=N–C) groups is 1. The molecule has 1 aliphatic carbocycles. The minimum atomic E-state index is 0. The third kappa shape index (κ3) is 6.81. The monoisotopic (exact) mass is 429 g/mol. The number of guanidine groups is 1.